The standard InChI is InChI=1S/C13H18N4O2S/c1-15(2)13(19)11-9(12(18)17(4)14-11)5-6-10-16(3)7-8-20-10/h5,14H,7-8H2,1-4H3. The zero-order valence-electron chi connectivity index (χ0n) is 12.1. The summed E-state index contributed by atoms with van der Waals surface area (Å²) >= 11 is 1.69. The highest BCUT2D eigenvalue weighted by Crippen LogP contribution is 2.24. The summed E-state index contributed by atoms with van der Waals surface area (Å²) in [4.78, 5) is 27.6. The Kier molecular flexibility index (Phi) is 4.11. The van der Waals surface area contributed by atoms with Gasteiger partial charge < -0.3 is 9.80 Å². The fraction of sp³-hybridized carbons (Fsp3) is 0.462. The Bertz CT molecular complexity index is 650. The van der Waals surface area contributed by atoms with Gasteiger partial charge in [0.05, 0.1) is 5.56 Å². The third-order valence-electron chi connectivity index (χ3n) is 3.06. The number of hydrogen-bond donors (Lipinski definition) is 1. The molecule has 1 fully saturated rings. The molecule has 1 aromatic rings. The number of rotatable bonds is 2. The van der Waals surface area contributed by atoms with Gasteiger partial charge in [-0.3, -0.25) is 19.4 Å². The molecule has 1 amide bonds. The monoisotopic (exact) mass is 294 g/mol. The number of aromatic nitrogens is 2. The van der Waals surface area contributed by atoms with E-state index in [1.54, 1.807) is 39.0 Å². The lowest BCUT2D eigenvalue weighted by atomic mass is 10.2. The normalized spacial score (nSPS) is 14.4. The highest BCUT2D eigenvalue weighted by Gasteiger charge is 2.19. The van der Waals surface area contributed by atoms with E-state index in [1.165, 1.54) is 9.58 Å². The molecule has 2 heterocycles. The predicted molar refractivity (Wildman–Crippen MR) is 80.6 cm³/mol. The predicted octanol–water partition coefficient (Wildman–Crippen LogP) is 0.547. The molecule has 0 bridgehead atoms. The molecular weight excluding hydrogens is 276 g/mol. The first-order valence-corrected chi connectivity index (χ1v) is 7.21. The lowest BCUT2D eigenvalue weighted by Gasteiger charge is -2.09. The van der Waals surface area contributed by atoms with Crippen LogP contribution >= 0.6 is 11.8 Å². The molecule has 0 spiro atoms. The van der Waals surface area contributed by atoms with E-state index >= 15 is 0 Å². The molecule has 0 unspecified atom stereocenters. The SMILES string of the molecule is CN(C)C(=O)c1[nH]n(C)c(=O)c1C=C=C1SCCN1C. The van der Waals surface area contributed by atoms with Crippen molar-refractivity contribution in [2.24, 2.45) is 7.05 Å². The van der Waals surface area contributed by atoms with E-state index in [0.29, 0.717) is 11.3 Å². The van der Waals surface area contributed by atoms with Crippen molar-refractivity contribution in [2.45, 2.75) is 0 Å². The first kappa shape index (κ1) is 14.6. The molecule has 0 atom stereocenters. The maximum atomic E-state index is 12.1. The number of H-pyrrole nitrogens is 1. The highest BCUT2D eigenvalue weighted by atomic mass is 32.2. The lowest BCUT2D eigenvalue weighted by molar-refractivity contribution is 0.0821. The molecule has 7 heteroatoms. The van der Waals surface area contributed by atoms with Gasteiger partial charge in [0.1, 0.15) is 10.7 Å². The summed E-state index contributed by atoms with van der Waals surface area (Å²) in [6.07, 6.45) is 1.60. The smallest absolute Gasteiger partial charge is 0.274 e. The molecule has 2 rings (SSSR count). The number of nitrogens with one attached hydrogen (secondary N) is 1. The topological polar surface area (TPSA) is 61.3 Å². The quantitative estimate of drug-likeness (QED) is 0.809. The van der Waals surface area contributed by atoms with Crippen molar-refractivity contribution in [2.75, 3.05) is 33.4 Å². The van der Waals surface area contributed by atoms with Gasteiger partial charge in [0.2, 0.25) is 0 Å². The second-order valence-electron chi connectivity index (χ2n) is 4.83. The molecule has 1 aliphatic heterocycles. The molecule has 0 aromatic carbocycles. The third kappa shape index (κ3) is 2.69. The van der Waals surface area contributed by atoms with Crippen LogP contribution in [-0.4, -0.2) is 58.9 Å². The van der Waals surface area contributed by atoms with Crippen LogP contribution in [0.5, 0.6) is 0 Å². The number of thioether (sulfide) groups is 1. The van der Waals surface area contributed by atoms with Gasteiger partial charge in [0.25, 0.3) is 11.5 Å². The van der Waals surface area contributed by atoms with E-state index in [-0.39, 0.29) is 11.5 Å². The number of hydrogen-bond acceptors (Lipinski definition) is 4. The number of nitrogens with zero attached hydrogens (tertiary/aromatic N) is 3. The van der Waals surface area contributed by atoms with E-state index in [1.807, 2.05) is 7.05 Å². The summed E-state index contributed by atoms with van der Waals surface area (Å²) < 4.78 is 1.31. The van der Waals surface area contributed by atoms with Gasteiger partial charge >= 0.3 is 0 Å². The fourth-order valence-electron chi connectivity index (χ4n) is 1.86. The Labute approximate surface area is 121 Å². The van der Waals surface area contributed by atoms with Crippen molar-refractivity contribution in [3.63, 3.8) is 0 Å². The van der Waals surface area contributed by atoms with Crippen LogP contribution in [0.3, 0.4) is 0 Å². The number of amides is 1. The van der Waals surface area contributed by atoms with Gasteiger partial charge in [-0.15, -0.1) is 0 Å². The second-order valence-corrected chi connectivity index (χ2v) is 5.91. The zero-order valence-corrected chi connectivity index (χ0v) is 12.9. The molecule has 1 aliphatic rings. The fourth-order valence-corrected chi connectivity index (χ4v) is 2.88. The van der Waals surface area contributed by atoms with Crippen LogP contribution in [0.4, 0.5) is 0 Å². The van der Waals surface area contributed by atoms with E-state index in [2.05, 4.69) is 15.7 Å². The average molecular weight is 294 g/mol. The molecule has 1 saturated heterocycles. The largest absolute Gasteiger partial charge is 0.362 e. The van der Waals surface area contributed by atoms with Crippen LogP contribution in [-0.2, 0) is 7.05 Å². The molecule has 0 aliphatic carbocycles. The molecule has 1 N–H and O–H groups in total. The first-order chi connectivity index (χ1) is 9.41. The van der Waals surface area contributed by atoms with E-state index in [0.717, 1.165) is 17.3 Å². The van der Waals surface area contributed by atoms with E-state index in [9.17, 15) is 9.59 Å². The maximum absolute atomic E-state index is 12.1. The number of aromatic amines is 1. The Morgan fingerprint density at radius 3 is 2.70 bits per heavy atom. The molecule has 108 valence electrons. The van der Waals surface area contributed by atoms with Crippen LogP contribution in [0.15, 0.2) is 15.6 Å². The van der Waals surface area contributed by atoms with Crippen LogP contribution in [0, 0.1) is 0 Å². The summed E-state index contributed by atoms with van der Waals surface area (Å²) in [6, 6.07) is 0. The summed E-state index contributed by atoms with van der Waals surface area (Å²) in [5.41, 5.74) is 3.52. The Morgan fingerprint density at radius 1 is 1.45 bits per heavy atom. The Balaban J connectivity index is 2.49. The zero-order chi connectivity index (χ0) is 14.9. The van der Waals surface area contributed by atoms with Crippen LogP contribution in [0.25, 0.3) is 6.08 Å². The van der Waals surface area contributed by atoms with E-state index < -0.39 is 0 Å². The van der Waals surface area contributed by atoms with Crippen molar-refractivity contribution in [1.29, 1.82) is 0 Å². The molecule has 1 aromatic heterocycles. The van der Waals surface area contributed by atoms with E-state index in [4.69, 9.17) is 0 Å². The minimum atomic E-state index is -0.229. The maximum Gasteiger partial charge on any atom is 0.274 e. The van der Waals surface area contributed by atoms with Crippen molar-refractivity contribution in [1.82, 2.24) is 19.6 Å². The lowest BCUT2D eigenvalue weighted by Crippen LogP contribution is -2.23. The van der Waals surface area contributed by atoms with Crippen molar-refractivity contribution in [3.8, 4) is 0 Å². The second kappa shape index (κ2) is 5.64. The van der Waals surface area contributed by atoms with Gasteiger partial charge in [0.15, 0.2) is 0 Å². The molecule has 0 radical (unpaired) electrons. The van der Waals surface area contributed by atoms with Crippen molar-refractivity contribution in [3.05, 3.63) is 32.4 Å². The highest BCUT2D eigenvalue weighted by molar-refractivity contribution is 8.03. The molecule has 20 heavy (non-hydrogen) atoms. The molecule has 6 nitrogen and oxygen atoms in total. The summed E-state index contributed by atoms with van der Waals surface area (Å²) in [7, 11) is 6.88. The minimum absolute atomic E-state index is 0.228. The first-order valence-electron chi connectivity index (χ1n) is 6.23. The number of carbonyl (C=O) groups excluding carboxylic acids is 1. The van der Waals surface area contributed by atoms with Gasteiger partial charge in [0, 0.05) is 40.5 Å². The van der Waals surface area contributed by atoms with Crippen molar-refractivity contribution >= 4 is 23.7 Å². The summed E-state index contributed by atoms with van der Waals surface area (Å²) in [6.45, 7) is 0.968. The Hall–Kier alpha value is -1.85. The van der Waals surface area contributed by atoms with Gasteiger partial charge in [-0.05, 0) is 6.08 Å². The summed E-state index contributed by atoms with van der Waals surface area (Å²) in [5, 5.41) is 3.78. The summed E-state index contributed by atoms with van der Waals surface area (Å²) in [5.74, 6) is 0.787. The van der Waals surface area contributed by atoms with Gasteiger partial charge in [-0.25, -0.2) is 0 Å². The molecular formula is C13H18N4O2S. The van der Waals surface area contributed by atoms with Crippen LogP contribution in [0.2, 0.25) is 0 Å². The van der Waals surface area contributed by atoms with Crippen molar-refractivity contribution < 1.29 is 4.79 Å². The number of carbonyl (C=O) groups is 1. The molecule has 0 saturated carbocycles. The van der Waals surface area contributed by atoms with Crippen LogP contribution in [0.1, 0.15) is 16.1 Å². The third-order valence-corrected chi connectivity index (χ3v) is 4.15. The van der Waals surface area contributed by atoms with Gasteiger partial charge in [-0.1, -0.05) is 17.5 Å². The van der Waals surface area contributed by atoms with Gasteiger partial charge in [-0.2, -0.15) is 0 Å². The van der Waals surface area contributed by atoms with Crippen LogP contribution < -0.4 is 5.56 Å². The Morgan fingerprint density at radius 2 is 2.15 bits per heavy atom. The minimum Gasteiger partial charge on any atom is -0.362 e. The number of aryl methyl sites for hydroxylation is 1. The average Bonchev–Trinajstić information content (AvgIpc) is 2.92.